The topological polar surface area (TPSA) is 16.4 Å². The molecule has 11 aromatic rings. The van der Waals surface area contributed by atoms with E-state index in [1.807, 2.05) is 0 Å². The van der Waals surface area contributed by atoms with E-state index >= 15 is 0 Å². The molecule has 0 bridgehead atoms. The summed E-state index contributed by atoms with van der Waals surface area (Å²) in [6.45, 7) is 0. The van der Waals surface area contributed by atoms with Crippen LogP contribution in [-0.2, 0) is 5.41 Å². The highest BCUT2D eigenvalue weighted by molar-refractivity contribution is 6.15. The van der Waals surface area contributed by atoms with E-state index in [0.717, 1.165) is 44.6 Å². The van der Waals surface area contributed by atoms with Crippen LogP contribution in [0.4, 0.5) is 17.1 Å². The van der Waals surface area contributed by atoms with Crippen molar-refractivity contribution < 1.29 is 4.42 Å². The second kappa shape index (κ2) is 13.2. The molecule has 0 saturated carbocycles. The van der Waals surface area contributed by atoms with Crippen molar-refractivity contribution in [2.24, 2.45) is 0 Å². The van der Waals surface area contributed by atoms with Gasteiger partial charge in [-0.05, 0) is 91.5 Å². The summed E-state index contributed by atoms with van der Waals surface area (Å²) in [5.41, 5.74) is 14.1. The van der Waals surface area contributed by atoms with Gasteiger partial charge in [-0.1, -0.05) is 188 Å². The van der Waals surface area contributed by atoms with Crippen molar-refractivity contribution in [1.82, 2.24) is 0 Å². The minimum absolute atomic E-state index is 0.620. The molecule has 276 valence electrons. The molecule has 1 aliphatic carbocycles. The van der Waals surface area contributed by atoms with E-state index in [0.29, 0.717) is 0 Å². The van der Waals surface area contributed by atoms with E-state index < -0.39 is 5.41 Å². The fraction of sp³-hybridized carbons (Fsp3) is 0.0175. The standard InChI is InChI=1S/C57H37NO/c1-4-16-38(17-5-1)39-28-30-43(31-29-39)58(53-36-40-18-10-11-23-45(40)46-24-12-13-25-47(46)53)44-32-33-50-52(37-44)57(41-19-6-2-7-20-41,42-21-8-3-9-22-42)51-35-34-49-48-26-14-15-27-54(48)59-56(49)55(50)51/h1-37H. The molecule has 0 fully saturated rings. The average Bonchev–Trinajstić information content (AvgIpc) is 3.84. The minimum atomic E-state index is -0.620. The zero-order valence-electron chi connectivity index (χ0n) is 32.2. The first-order chi connectivity index (χ1) is 29.3. The van der Waals surface area contributed by atoms with Crippen LogP contribution in [0.25, 0.3) is 65.7 Å². The van der Waals surface area contributed by atoms with Gasteiger partial charge in [-0.3, -0.25) is 0 Å². The van der Waals surface area contributed by atoms with E-state index in [-0.39, 0.29) is 0 Å². The van der Waals surface area contributed by atoms with Gasteiger partial charge in [0.2, 0.25) is 0 Å². The fourth-order valence-corrected chi connectivity index (χ4v) is 9.96. The van der Waals surface area contributed by atoms with Crippen LogP contribution in [0.5, 0.6) is 0 Å². The quantitative estimate of drug-likeness (QED) is 0.157. The first kappa shape index (κ1) is 33.5. The van der Waals surface area contributed by atoms with Gasteiger partial charge in [0.25, 0.3) is 0 Å². The number of anilines is 3. The minimum Gasteiger partial charge on any atom is -0.455 e. The maximum absolute atomic E-state index is 6.86. The molecule has 10 aromatic carbocycles. The van der Waals surface area contributed by atoms with Crippen molar-refractivity contribution in [2.75, 3.05) is 4.90 Å². The Bertz CT molecular complexity index is 3330. The lowest BCUT2D eigenvalue weighted by atomic mass is 9.67. The molecule has 0 amide bonds. The van der Waals surface area contributed by atoms with Crippen molar-refractivity contribution in [3.63, 3.8) is 0 Å². The highest BCUT2D eigenvalue weighted by atomic mass is 16.3. The molecule has 0 radical (unpaired) electrons. The third kappa shape index (κ3) is 5.00. The summed E-state index contributed by atoms with van der Waals surface area (Å²) < 4.78 is 6.86. The van der Waals surface area contributed by atoms with Crippen LogP contribution in [0, 0.1) is 0 Å². The summed E-state index contributed by atoms with van der Waals surface area (Å²) in [5.74, 6) is 0. The van der Waals surface area contributed by atoms with Gasteiger partial charge < -0.3 is 9.32 Å². The number of hydrogen-bond donors (Lipinski definition) is 0. The zero-order chi connectivity index (χ0) is 38.9. The van der Waals surface area contributed by atoms with E-state index in [4.69, 9.17) is 4.42 Å². The lowest BCUT2D eigenvalue weighted by Crippen LogP contribution is -2.28. The molecular formula is C57H37NO. The average molecular weight is 752 g/mol. The van der Waals surface area contributed by atoms with Crippen LogP contribution in [0.2, 0.25) is 0 Å². The molecule has 2 nitrogen and oxygen atoms in total. The molecule has 59 heavy (non-hydrogen) atoms. The molecule has 0 aliphatic heterocycles. The molecule has 0 atom stereocenters. The summed E-state index contributed by atoms with van der Waals surface area (Å²) >= 11 is 0. The molecule has 12 rings (SSSR count). The number of fused-ring (bicyclic) bond motifs is 10. The van der Waals surface area contributed by atoms with E-state index in [1.165, 1.54) is 60.5 Å². The van der Waals surface area contributed by atoms with Gasteiger partial charge in [0, 0.05) is 33.1 Å². The Hall–Kier alpha value is -7.68. The molecule has 2 heteroatoms. The second-order valence-electron chi connectivity index (χ2n) is 15.6. The molecule has 0 unspecified atom stereocenters. The van der Waals surface area contributed by atoms with E-state index in [9.17, 15) is 0 Å². The number of furan rings is 1. The van der Waals surface area contributed by atoms with Crippen LogP contribution in [0.1, 0.15) is 22.3 Å². The summed E-state index contributed by atoms with van der Waals surface area (Å²) in [6.07, 6.45) is 0. The maximum Gasteiger partial charge on any atom is 0.143 e. The van der Waals surface area contributed by atoms with Crippen LogP contribution >= 0.6 is 0 Å². The number of para-hydroxylation sites is 1. The number of hydrogen-bond acceptors (Lipinski definition) is 2. The first-order valence-corrected chi connectivity index (χ1v) is 20.3. The van der Waals surface area contributed by atoms with Crippen molar-refractivity contribution in [2.45, 2.75) is 5.41 Å². The van der Waals surface area contributed by atoms with Gasteiger partial charge in [0.05, 0.1) is 11.1 Å². The molecular weight excluding hydrogens is 715 g/mol. The number of rotatable bonds is 6. The lowest BCUT2D eigenvalue weighted by molar-refractivity contribution is 0.669. The summed E-state index contributed by atoms with van der Waals surface area (Å²) in [6, 6.07) is 81.8. The molecule has 1 aliphatic rings. The van der Waals surface area contributed by atoms with Gasteiger partial charge in [0.15, 0.2) is 0 Å². The Labute approximate surface area is 342 Å². The first-order valence-electron chi connectivity index (χ1n) is 20.3. The SMILES string of the molecule is c1ccc(-c2ccc(N(c3ccc4c(c3)C(c3ccccc3)(c3ccccc3)c3ccc5c(oc6ccccc65)c3-4)c3cc4ccccc4c4ccccc34)cc2)cc1. The summed E-state index contributed by atoms with van der Waals surface area (Å²) in [4.78, 5) is 2.46. The van der Waals surface area contributed by atoms with Crippen molar-refractivity contribution in [3.05, 3.63) is 247 Å². The number of benzene rings is 10. The Kier molecular flexibility index (Phi) is 7.48. The van der Waals surface area contributed by atoms with E-state index in [1.54, 1.807) is 0 Å². The van der Waals surface area contributed by atoms with Crippen LogP contribution in [0.15, 0.2) is 229 Å². The Morgan fingerprint density at radius 3 is 1.68 bits per heavy atom. The Morgan fingerprint density at radius 2 is 0.949 bits per heavy atom. The van der Waals surface area contributed by atoms with Crippen molar-refractivity contribution in [1.29, 1.82) is 0 Å². The Morgan fingerprint density at radius 1 is 0.373 bits per heavy atom. The third-order valence-corrected chi connectivity index (χ3v) is 12.5. The smallest absolute Gasteiger partial charge is 0.143 e. The lowest BCUT2D eigenvalue weighted by Gasteiger charge is -2.35. The third-order valence-electron chi connectivity index (χ3n) is 12.5. The Balaban J connectivity index is 1.18. The van der Waals surface area contributed by atoms with Crippen LogP contribution in [-0.4, -0.2) is 0 Å². The van der Waals surface area contributed by atoms with Crippen molar-refractivity contribution >= 4 is 60.5 Å². The van der Waals surface area contributed by atoms with Crippen LogP contribution in [0.3, 0.4) is 0 Å². The number of nitrogens with zero attached hydrogens (tertiary/aromatic N) is 1. The molecule has 1 heterocycles. The van der Waals surface area contributed by atoms with Gasteiger partial charge >= 0.3 is 0 Å². The van der Waals surface area contributed by atoms with Gasteiger partial charge in [-0.2, -0.15) is 0 Å². The zero-order valence-corrected chi connectivity index (χ0v) is 32.2. The predicted molar refractivity (Wildman–Crippen MR) is 246 cm³/mol. The largest absolute Gasteiger partial charge is 0.455 e. The van der Waals surface area contributed by atoms with Crippen LogP contribution < -0.4 is 4.90 Å². The second-order valence-corrected chi connectivity index (χ2v) is 15.6. The summed E-state index contributed by atoms with van der Waals surface area (Å²) in [5, 5.41) is 7.15. The fourth-order valence-electron chi connectivity index (χ4n) is 9.96. The van der Waals surface area contributed by atoms with Gasteiger partial charge in [0.1, 0.15) is 11.2 Å². The van der Waals surface area contributed by atoms with Gasteiger partial charge in [-0.25, -0.2) is 0 Å². The van der Waals surface area contributed by atoms with E-state index in [2.05, 4.69) is 229 Å². The van der Waals surface area contributed by atoms with Crippen molar-refractivity contribution in [3.8, 4) is 22.3 Å². The molecule has 0 N–H and O–H groups in total. The maximum atomic E-state index is 6.86. The highest BCUT2D eigenvalue weighted by Crippen LogP contribution is 2.59. The van der Waals surface area contributed by atoms with Gasteiger partial charge in [-0.15, -0.1) is 0 Å². The molecule has 1 aromatic heterocycles. The normalized spacial score (nSPS) is 12.9. The highest BCUT2D eigenvalue weighted by Gasteiger charge is 2.47. The summed E-state index contributed by atoms with van der Waals surface area (Å²) in [7, 11) is 0. The molecule has 0 saturated heterocycles. The predicted octanol–water partition coefficient (Wildman–Crippen LogP) is 15.4. The monoisotopic (exact) mass is 751 g/mol. The molecule has 0 spiro atoms.